The number of ether oxygens (including phenoxy) is 1. The number of halogens is 1. The number of nitrogens with one attached hydrogen (secondary N) is 1. The molecule has 2 aromatic carbocycles. The molecule has 0 spiro atoms. The number of aromatic carboxylic acids is 1. The number of carbonyl (C=O) groups is 2. The number of carbonyl (C=O) groups excluding carboxylic acids is 1. The maximum absolute atomic E-state index is 13.8. The number of amides is 1. The maximum Gasteiger partial charge on any atom is 0.412 e. The minimum Gasteiger partial charge on any atom is -0.478 e. The van der Waals surface area contributed by atoms with Crippen LogP contribution in [0.2, 0.25) is 0 Å². The highest BCUT2D eigenvalue weighted by Crippen LogP contribution is 2.24. The predicted molar refractivity (Wildman–Crippen MR) is 78.3 cm³/mol. The van der Waals surface area contributed by atoms with Crippen LogP contribution in [0.4, 0.5) is 14.9 Å². The highest BCUT2D eigenvalue weighted by molar-refractivity contribution is 6.00. The molecule has 0 atom stereocenters. The minimum atomic E-state index is -1.32. The molecule has 114 valence electrons. The number of carboxylic acid groups (broad SMARTS) is 1. The van der Waals surface area contributed by atoms with E-state index in [2.05, 4.69) is 5.32 Å². The Bertz CT molecular complexity index is 701. The molecular weight excluding hydrogens is 289 g/mol. The van der Waals surface area contributed by atoms with E-state index in [4.69, 9.17) is 9.84 Å². The Balaban J connectivity index is 2.12. The quantitative estimate of drug-likeness (QED) is 0.905. The predicted octanol–water partition coefficient (Wildman–Crippen LogP) is 3.58. The molecule has 0 saturated carbocycles. The zero-order valence-corrected chi connectivity index (χ0v) is 11.8. The van der Waals surface area contributed by atoms with Gasteiger partial charge in [-0.25, -0.2) is 14.0 Å². The van der Waals surface area contributed by atoms with Crippen molar-refractivity contribution in [2.45, 2.75) is 13.5 Å². The highest BCUT2D eigenvalue weighted by Gasteiger charge is 2.19. The van der Waals surface area contributed by atoms with Crippen LogP contribution in [-0.4, -0.2) is 17.2 Å². The van der Waals surface area contributed by atoms with Gasteiger partial charge in [0, 0.05) is 0 Å². The molecule has 0 aliphatic carbocycles. The van der Waals surface area contributed by atoms with Gasteiger partial charge in [0.2, 0.25) is 0 Å². The lowest BCUT2D eigenvalue weighted by atomic mass is 10.1. The molecule has 2 N–H and O–H groups in total. The maximum atomic E-state index is 13.8. The fourth-order valence-corrected chi connectivity index (χ4v) is 1.94. The van der Waals surface area contributed by atoms with Gasteiger partial charge in [0.15, 0.2) is 0 Å². The van der Waals surface area contributed by atoms with Crippen molar-refractivity contribution in [3.05, 3.63) is 65.0 Å². The van der Waals surface area contributed by atoms with Crippen molar-refractivity contribution in [3.8, 4) is 0 Å². The third kappa shape index (κ3) is 3.60. The van der Waals surface area contributed by atoms with Crippen LogP contribution in [0.1, 0.15) is 21.5 Å². The fraction of sp³-hybridized carbons (Fsp3) is 0.125. The molecule has 0 aliphatic rings. The van der Waals surface area contributed by atoms with Crippen molar-refractivity contribution in [1.82, 2.24) is 0 Å². The van der Waals surface area contributed by atoms with Gasteiger partial charge in [-0.2, -0.15) is 0 Å². The lowest BCUT2D eigenvalue weighted by molar-refractivity contribution is 0.0697. The molecule has 0 fully saturated rings. The van der Waals surface area contributed by atoms with E-state index >= 15 is 0 Å². The third-order valence-corrected chi connectivity index (χ3v) is 3.02. The molecule has 0 saturated heterocycles. The molecule has 0 unspecified atom stereocenters. The van der Waals surface area contributed by atoms with Gasteiger partial charge in [-0.1, -0.05) is 36.4 Å². The smallest absolute Gasteiger partial charge is 0.412 e. The minimum absolute atomic E-state index is 0.00249. The molecule has 0 aromatic heterocycles. The largest absolute Gasteiger partial charge is 0.478 e. The molecular formula is C16H14FNO4. The normalized spacial score (nSPS) is 10.1. The van der Waals surface area contributed by atoms with Crippen LogP contribution < -0.4 is 5.32 Å². The summed E-state index contributed by atoms with van der Waals surface area (Å²) in [5.74, 6) is -2.16. The number of hydrogen-bond donors (Lipinski definition) is 2. The van der Waals surface area contributed by atoms with Crippen LogP contribution >= 0.6 is 0 Å². The number of anilines is 1. The third-order valence-electron chi connectivity index (χ3n) is 3.02. The summed E-state index contributed by atoms with van der Waals surface area (Å²) in [7, 11) is 0. The van der Waals surface area contributed by atoms with Crippen LogP contribution in [0, 0.1) is 12.7 Å². The van der Waals surface area contributed by atoms with E-state index in [1.54, 1.807) is 24.3 Å². The number of carboxylic acids is 1. The van der Waals surface area contributed by atoms with Crippen molar-refractivity contribution in [1.29, 1.82) is 0 Å². The second-order valence-corrected chi connectivity index (χ2v) is 4.61. The van der Waals surface area contributed by atoms with Gasteiger partial charge in [-0.15, -0.1) is 0 Å². The topological polar surface area (TPSA) is 75.6 Å². The lowest BCUT2D eigenvalue weighted by Gasteiger charge is -2.12. The summed E-state index contributed by atoms with van der Waals surface area (Å²) in [4.78, 5) is 22.9. The lowest BCUT2D eigenvalue weighted by Crippen LogP contribution is -2.18. The van der Waals surface area contributed by atoms with Gasteiger partial charge >= 0.3 is 12.1 Å². The summed E-state index contributed by atoms with van der Waals surface area (Å²) in [5, 5.41) is 11.3. The number of hydrogen-bond acceptors (Lipinski definition) is 3. The van der Waals surface area contributed by atoms with E-state index in [1.165, 1.54) is 13.0 Å². The van der Waals surface area contributed by atoms with E-state index in [0.29, 0.717) is 5.56 Å². The van der Waals surface area contributed by atoms with Gasteiger partial charge in [0.25, 0.3) is 0 Å². The van der Waals surface area contributed by atoms with E-state index in [9.17, 15) is 14.0 Å². The SMILES string of the molecule is Cc1ccc(F)c(NC(=O)OCc2ccccc2)c1C(=O)O. The Kier molecular flexibility index (Phi) is 4.73. The first-order valence-corrected chi connectivity index (χ1v) is 6.49. The molecule has 1 amide bonds. The second kappa shape index (κ2) is 6.71. The zero-order chi connectivity index (χ0) is 16.1. The number of benzene rings is 2. The van der Waals surface area contributed by atoms with Crippen LogP contribution in [0.5, 0.6) is 0 Å². The Morgan fingerprint density at radius 1 is 1.18 bits per heavy atom. The molecule has 0 bridgehead atoms. The summed E-state index contributed by atoms with van der Waals surface area (Å²) < 4.78 is 18.7. The van der Waals surface area contributed by atoms with Crippen LogP contribution in [0.3, 0.4) is 0 Å². The van der Waals surface area contributed by atoms with Crippen molar-refractivity contribution >= 4 is 17.7 Å². The Labute approximate surface area is 126 Å². The molecule has 2 aromatic rings. The van der Waals surface area contributed by atoms with Gasteiger partial charge in [-0.3, -0.25) is 5.32 Å². The molecule has 22 heavy (non-hydrogen) atoms. The van der Waals surface area contributed by atoms with Gasteiger partial charge in [0.05, 0.1) is 11.3 Å². The number of aryl methyl sites for hydroxylation is 1. The van der Waals surface area contributed by atoms with Crippen molar-refractivity contribution < 1.29 is 23.8 Å². The average molecular weight is 303 g/mol. The van der Waals surface area contributed by atoms with Crippen molar-refractivity contribution in [3.63, 3.8) is 0 Å². The first kappa shape index (κ1) is 15.5. The van der Waals surface area contributed by atoms with E-state index in [0.717, 1.165) is 11.6 Å². The highest BCUT2D eigenvalue weighted by atomic mass is 19.1. The monoisotopic (exact) mass is 303 g/mol. The summed E-state index contributed by atoms with van der Waals surface area (Å²) in [6.45, 7) is 1.52. The van der Waals surface area contributed by atoms with Crippen LogP contribution in [0.25, 0.3) is 0 Å². The fourth-order valence-electron chi connectivity index (χ4n) is 1.94. The standard InChI is InChI=1S/C16H14FNO4/c1-10-7-8-12(17)14(13(10)15(19)20)18-16(21)22-9-11-5-3-2-4-6-11/h2-8H,9H2,1H3,(H,18,21)(H,19,20). The molecule has 5 nitrogen and oxygen atoms in total. The van der Waals surface area contributed by atoms with Crippen LogP contribution in [0.15, 0.2) is 42.5 Å². The summed E-state index contributed by atoms with van der Waals surface area (Å²) in [6.07, 6.45) is -0.921. The molecule has 0 aliphatic heterocycles. The van der Waals surface area contributed by atoms with E-state index < -0.39 is 23.6 Å². The summed E-state index contributed by atoms with van der Waals surface area (Å²) >= 11 is 0. The first-order chi connectivity index (χ1) is 10.5. The van der Waals surface area contributed by atoms with Crippen molar-refractivity contribution in [2.24, 2.45) is 0 Å². The Hall–Kier alpha value is -2.89. The summed E-state index contributed by atoms with van der Waals surface area (Å²) in [6, 6.07) is 11.4. The Morgan fingerprint density at radius 2 is 1.86 bits per heavy atom. The van der Waals surface area contributed by atoms with Crippen LogP contribution in [-0.2, 0) is 11.3 Å². The molecule has 6 heteroatoms. The second-order valence-electron chi connectivity index (χ2n) is 4.61. The molecule has 0 radical (unpaired) electrons. The van der Waals surface area contributed by atoms with Gasteiger partial charge in [-0.05, 0) is 24.1 Å². The Morgan fingerprint density at radius 3 is 2.50 bits per heavy atom. The molecule has 2 rings (SSSR count). The van der Waals surface area contributed by atoms with Crippen molar-refractivity contribution in [2.75, 3.05) is 5.32 Å². The van der Waals surface area contributed by atoms with Gasteiger partial charge < -0.3 is 9.84 Å². The molecule has 0 heterocycles. The summed E-state index contributed by atoms with van der Waals surface area (Å²) in [5.41, 5.74) is 0.412. The van der Waals surface area contributed by atoms with E-state index in [1.807, 2.05) is 6.07 Å². The first-order valence-electron chi connectivity index (χ1n) is 6.49. The average Bonchev–Trinajstić information content (AvgIpc) is 2.49. The zero-order valence-electron chi connectivity index (χ0n) is 11.8. The number of rotatable bonds is 4. The van der Waals surface area contributed by atoms with Gasteiger partial charge in [0.1, 0.15) is 12.4 Å². The van der Waals surface area contributed by atoms with E-state index in [-0.39, 0.29) is 12.2 Å².